The zero-order chi connectivity index (χ0) is 18.8. The van der Waals surface area contributed by atoms with Crippen LogP contribution in [0.4, 0.5) is 4.39 Å². The second-order valence-electron chi connectivity index (χ2n) is 7.70. The monoisotopic (exact) mass is 403 g/mol. The summed E-state index contributed by atoms with van der Waals surface area (Å²) in [5, 5.41) is 3.13. The second-order valence-corrected chi connectivity index (χ2v) is 7.70. The van der Waals surface area contributed by atoms with E-state index in [2.05, 4.69) is 22.3 Å². The van der Waals surface area contributed by atoms with Crippen LogP contribution in [-0.4, -0.2) is 36.5 Å². The molecule has 3 atom stereocenters. The highest BCUT2D eigenvalue weighted by Crippen LogP contribution is 2.37. The van der Waals surface area contributed by atoms with E-state index in [0.717, 1.165) is 31.5 Å². The predicted octanol–water partition coefficient (Wildman–Crippen LogP) is 3.24. The molecule has 1 saturated heterocycles. The highest BCUT2D eigenvalue weighted by molar-refractivity contribution is 5.85. The Morgan fingerprint density at radius 1 is 1.11 bits per heavy atom. The van der Waals surface area contributed by atoms with Crippen LogP contribution in [0.1, 0.15) is 35.9 Å². The Bertz CT molecular complexity index is 782. The number of amides is 1. The number of nitrogens with one attached hydrogen (secondary N) is 1. The van der Waals surface area contributed by atoms with Gasteiger partial charge in [0.15, 0.2) is 0 Å². The topological polar surface area (TPSA) is 58.4 Å². The summed E-state index contributed by atoms with van der Waals surface area (Å²) in [4.78, 5) is 15.2. The minimum atomic E-state index is -0.408. The fourth-order valence-corrected chi connectivity index (χ4v) is 4.11. The van der Waals surface area contributed by atoms with Crippen molar-refractivity contribution in [2.45, 2.75) is 30.8 Å². The van der Waals surface area contributed by atoms with Crippen LogP contribution in [0.5, 0.6) is 0 Å². The molecule has 0 radical (unpaired) electrons. The molecule has 1 unspecified atom stereocenters. The zero-order valence-electron chi connectivity index (χ0n) is 15.8. The Labute approximate surface area is 171 Å². The number of nitrogens with two attached hydrogens (primary N) is 1. The first-order valence-electron chi connectivity index (χ1n) is 9.70. The number of carbonyl (C=O) groups excluding carboxylic acids is 1. The average Bonchev–Trinajstić information content (AvgIpc) is 3.40. The van der Waals surface area contributed by atoms with Crippen LogP contribution >= 0.6 is 12.4 Å². The number of nitrogens with zero attached hydrogens (tertiary/aromatic N) is 1. The number of carbonyl (C=O) groups is 1. The number of hydrogen-bond donors (Lipinski definition) is 2. The zero-order valence-corrected chi connectivity index (χ0v) is 16.6. The molecule has 3 N–H and O–H groups in total. The molecule has 1 aliphatic heterocycles. The van der Waals surface area contributed by atoms with Gasteiger partial charge in [-0.15, -0.1) is 12.4 Å². The number of rotatable bonds is 6. The molecule has 2 fully saturated rings. The normalized spacial score (nSPS) is 23.1. The van der Waals surface area contributed by atoms with Gasteiger partial charge in [0.2, 0.25) is 5.91 Å². The van der Waals surface area contributed by atoms with Crippen LogP contribution in [0.3, 0.4) is 0 Å². The minimum absolute atomic E-state index is 0. The number of benzene rings is 2. The van der Waals surface area contributed by atoms with Gasteiger partial charge in [0, 0.05) is 25.0 Å². The van der Waals surface area contributed by atoms with Crippen LogP contribution in [0.25, 0.3) is 0 Å². The van der Waals surface area contributed by atoms with E-state index >= 15 is 0 Å². The van der Waals surface area contributed by atoms with Gasteiger partial charge in [-0.3, -0.25) is 9.69 Å². The molecule has 2 aliphatic rings. The van der Waals surface area contributed by atoms with E-state index in [1.807, 2.05) is 18.2 Å². The van der Waals surface area contributed by atoms with Crippen LogP contribution in [-0.2, 0) is 4.79 Å². The molecule has 1 heterocycles. The third-order valence-electron chi connectivity index (χ3n) is 5.72. The van der Waals surface area contributed by atoms with E-state index in [0.29, 0.717) is 24.4 Å². The SMILES string of the molecule is Cl.NC[C@@H]1CN(C(C(=O)NC2CC2)c2ccc(F)cc2)C[C@H]1c1ccccc1. The van der Waals surface area contributed by atoms with Gasteiger partial charge in [0.05, 0.1) is 0 Å². The van der Waals surface area contributed by atoms with Crippen molar-refractivity contribution >= 4 is 18.3 Å². The molecule has 1 saturated carbocycles. The Morgan fingerprint density at radius 3 is 2.39 bits per heavy atom. The Morgan fingerprint density at radius 2 is 1.79 bits per heavy atom. The van der Waals surface area contributed by atoms with Crippen LogP contribution < -0.4 is 11.1 Å². The second kappa shape index (κ2) is 9.03. The number of halogens is 2. The van der Waals surface area contributed by atoms with Gasteiger partial charge in [0.1, 0.15) is 11.9 Å². The first-order valence-corrected chi connectivity index (χ1v) is 9.70. The van der Waals surface area contributed by atoms with Crippen molar-refractivity contribution in [3.05, 3.63) is 71.5 Å². The van der Waals surface area contributed by atoms with Crippen molar-refractivity contribution in [2.24, 2.45) is 11.7 Å². The fourth-order valence-electron chi connectivity index (χ4n) is 4.11. The maximum absolute atomic E-state index is 13.4. The van der Waals surface area contributed by atoms with Gasteiger partial charge < -0.3 is 11.1 Å². The molecular formula is C22H27ClFN3O. The van der Waals surface area contributed by atoms with E-state index < -0.39 is 6.04 Å². The van der Waals surface area contributed by atoms with Crippen LogP contribution in [0.2, 0.25) is 0 Å². The first kappa shape index (κ1) is 20.8. The molecule has 0 bridgehead atoms. The molecule has 1 aliphatic carbocycles. The predicted molar refractivity (Wildman–Crippen MR) is 111 cm³/mol. The summed E-state index contributed by atoms with van der Waals surface area (Å²) in [6.45, 7) is 2.11. The molecule has 4 nitrogen and oxygen atoms in total. The Kier molecular flexibility index (Phi) is 6.70. The molecule has 0 aromatic heterocycles. The highest BCUT2D eigenvalue weighted by Gasteiger charge is 2.40. The average molecular weight is 404 g/mol. The van der Waals surface area contributed by atoms with E-state index in [1.54, 1.807) is 12.1 Å². The largest absolute Gasteiger partial charge is 0.352 e. The lowest BCUT2D eigenvalue weighted by Crippen LogP contribution is -2.40. The van der Waals surface area contributed by atoms with Gasteiger partial charge in [-0.2, -0.15) is 0 Å². The lowest BCUT2D eigenvalue weighted by Gasteiger charge is -2.27. The van der Waals surface area contributed by atoms with Crippen molar-refractivity contribution in [3.8, 4) is 0 Å². The van der Waals surface area contributed by atoms with Gasteiger partial charge >= 0.3 is 0 Å². The smallest absolute Gasteiger partial charge is 0.242 e. The molecule has 6 heteroatoms. The van der Waals surface area contributed by atoms with E-state index in [-0.39, 0.29) is 24.1 Å². The summed E-state index contributed by atoms with van der Waals surface area (Å²) in [6.07, 6.45) is 2.08. The van der Waals surface area contributed by atoms with Gasteiger partial charge in [-0.1, -0.05) is 42.5 Å². The summed E-state index contributed by atoms with van der Waals surface area (Å²) >= 11 is 0. The summed E-state index contributed by atoms with van der Waals surface area (Å²) in [6, 6.07) is 16.5. The lowest BCUT2D eigenvalue weighted by molar-refractivity contribution is -0.126. The summed E-state index contributed by atoms with van der Waals surface area (Å²) < 4.78 is 13.4. The van der Waals surface area contributed by atoms with E-state index in [1.165, 1.54) is 17.7 Å². The van der Waals surface area contributed by atoms with Crippen molar-refractivity contribution in [2.75, 3.05) is 19.6 Å². The van der Waals surface area contributed by atoms with Crippen molar-refractivity contribution < 1.29 is 9.18 Å². The standard InChI is InChI=1S/C22H26FN3O.ClH/c23-18-8-6-16(7-9-18)21(22(27)25-19-10-11-19)26-13-17(12-24)20(14-26)15-4-2-1-3-5-15;/h1-9,17,19-21H,10-14,24H2,(H,25,27);1H/t17-,20+,21?;/m1./s1. The van der Waals surface area contributed by atoms with Crippen molar-refractivity contribution in [1.29, 1.82) is 0 Å². The van der Waals surface area contributed by atoms with Crippen molar-refractivity contribution in [3.63, 3.8) is 0 Å². The molecule has 4 rings (SSSR count). The van der Waals surface area contributed by atoms with Gasteiger partial charge in [-0.25, -0.2) is 4.39 Å². The summed E-state index contributed by atoms with van der Waals surface area (Å²) in [5.74, 6) is 0.314. The molecule has 28 heavy (non-hydrogen) atoms. The third-order valence-corrected chi connectivity index (χ3v) is 5.72. The summed E-state index contributed by atoms with van der Waals surface area (Å²) in [5.41, 5.74) is 8.17. The van der Waals surface area contributed by atoms with Crippen molar-refractivity contribution in [1.82, 2.24) is 10.2 Å². The van der Waals surface area contributed by atoms with Gasteiger partial charge in [-0.05, 0) is 48.6 Å². The first-order chi connectivity index (χ1) is 13.2. The Hall–Kier alpha value is -1.95. The fraction of sp³-hybridized carbons (Fsp3) is 0.409. The minimum Gasteiger partial charge on any atom is -0.352 e. The summed E-state index contributed by atoms with van der Waals surface area (Å²) in [7, 11) is 0. The molecule has 1 amide bonds. The van der Waals surface area contributed by atoms with Crippen LogP contribution in [0.15, 0.2) is 54.6 Å². The lowest BCUT2D eigenvalue weighted by atomic mass is 9.89. The Balaban J connectivity index is 0.00000225. The third kappa shape index (κ3) is 4.54. The maximum Gasteiger partial charge on any atom is 0.242 e. The van der Waals surface area contributed by atoms with Crippen LogP contribution in [0, 0.1) is 11.7 Å². The van der Waals surface area contributed by atoms with Gasteiger partial charge in [0.25, 0.3) is 0 Å². The quantitative estimate of drug-likeness (QED) is 0.778. The molecule has 2 aromatic rings. The van der Waals surface area contributed by atoms with E-state index in [9.17, 15) is 9.18 Å². The molecule has 150 valence electrons. The maximum atomic E-state index is 13.4. The highest BCUT2D eigenvalue weighted by atomic mass is 35.5. The molecular weight excluding hydrogens is 377 g/mol. The molecule has 2 aromatic carbocycles. The number of hydrogen-bond acceptors (Lipinski definition) is 3. The number of likely N-dealkylation sites (tertiary alicyclic amines) is 1. The molecule has 0 spiro atoms. The van der Waals surface area contributed by atoms with E-state index in [4.69, 9.17) is 5.73 Å².